The Bertz CT molecular complexity index is 636. The summed E-state index contributed by atoms with van der Waals surface area (Å²) in [6.45, 7) is 0.725. The quantitative estimate of drug-likeness (QED) is 0.774. The van der Waals surface area contributed by atoms with Crippen molar-refractivity contribution in [1.82, 2.24) is 10.3 Å². The van der Waals surface area contributed by atoms with Crippen LogP contribution in [0, 0.1) is 0 Å². The van der Waals surface area contributed by atoms with E-state index in [0.717, 1.165) is 25.2 Å². The van der Waals surface area contributed by atoms with Gasteiger partial charge in [-0.15, -0.1) is 0 Å². The summed E-state index contributed by atoms with van der Waals surface area (Å²) in [7, 11) is 0. The second kappa shape index (κ2) is 8.34. The monoisotopic (exact) mass is 324 g/mol. The summed E-state index contributed by atoms with van der Waals surface area (Å²) in [4.78, 5) is 16.4. The lowest BCUT2D eigenvalue weighted by Crippen LogP contribution is -2.39. The molecule has 0 radical (unpaired) electrons. The van der Waals surface area contributed by atoms with E-state index in [4.69, 9.17) is 0 Å². The Morgan fingerprint density at radius 2 is 1.83 bits per heavy atom. The van der Waals surface area contributed by atoms with Crippen molar-refractivity contribution in [2.45, 2.75) is 44.7 Å². The van der Waals surface area contributed by atoms with Gasteiger partial charge in [-0.2, -0.15) is 0 Å². The van der Waals surface area contributed by atoms with Gasteiger partial charge < -0.3 is 16.0 Å². The molecular weight excluding hydrogens is 300 g/mol. The molecule has 1 aromatic carbocycles. The summed E-state index contributed by atoms with van der Waals surface area (Å²) >= 11 is 0. The van der Waals surface area contributed by atoms with Gasteiger partial charge in [0, 0.05) is 12.6 Å². The highest BCUT2D eigenvalue weighted by molar-refractivity contribution is 5.89. The molecule has 0 bridgehead atoms. The molecule has 1 heterocycles. The Morgan fingerprint density at radius 3 is 2.54 bits per heavy atom. The van der Waals surface area contributed by atoms with Gasteiger partial charge in [0.25, 0.3) is 0 Å². The van der Waals surface area contributed by atoms with Crippen molar-refractivity contribution < 1.29 is 4.79 Å². The molecular formula is C19H24N4O. The number of nitrogens with one attached hydrogen (secondary N) is 3. The number of amides is 2. The molecule has 5 nitrogen and oxygen atoms in total. The second-order valence-electron chi connectivity index (χ2n) is 6.20. The molecule has 5 heteroatoms. The first-order valence-corrected chi connectivity index (χ1v) is 8.61. The van der Waals surface area contributed by atoms with E-state index in [9.17, 15) is 4.79 Å². The number of carbonyl (C=O) groups is 1. The summed E-state index contributed by atoms with van der Waals surface area (Å²) in [6, 6.07) is 14.1. The molecule has 3 N–H and O–H groups in total. The maximum Gasteiger partial charge on any atom is 0.319 e. The molecule has 2 amide bonds. The smallest absolute Gasteiger partial charge is 0.319 e. The number of carbonyl (C=O) groups excluding carboxylic acids is 1. The van der Waals surface area contributed by atoms with E-state index in [1.165, 1.54) is 24.8 Å². The fraction of sp³-hybridized carbons (Fsp3) is 0.368. The highest BCUT2D eigenvalue weighted by atomic mass is 16.2. The fourth-order valence-electron chi connectivity index (χ4n) is 2.96. The summed E-state index contributed by atoms with van der Waals surface area (Å²) in [6.07, 6.45) is 7.51. The van der Waals surface area contributed by atoms with E-state index < -0.39 is 0 Å². The van der Waals surface area contributed by atoms with Gasteiger partial charge in [0.1, 0.15) is 5.82 Å². The lowest BCUT2D eigenvalue weighted by atomic mass is 9.96. The van der Waals surface area contributed by atoms with Gasteiger partial charge in [-0.05, 0) is 30.5 Å². The molecule has 0 aliphatic heterocycles. The normalized spacial score (nSPS) is 14.8. The maximum atomic E-state index is 12.0. The van der Waals surface area contributed by atoms with Crippen LogP contribution in [0.4, 0.5) is 16.3 Å². The number of urea groups is 1. The van der Waals surface area contributed by atoms with Crippen LogP contribution in [0.2, 0.25) is 0 Å². The lowest BCUT2D eigenvalue weighted by Gasteiger charge is -2.22. The zero-order chi connectivity index (χ0) is 16.6. The third-order valence-corrected chi connectivity index (χ3v) is 4.28. The van der Waals surface area contributed by atoms with Gasteiger partial charge in [0.2, 0.25) is 0 Å². The predicted molar refractivity (Wildman–Crippen MR) is 97.0 cm³/mol. The first-order valence-electron chi connectivity index (χ1n) is 8.61. The number of hydrogen-bond acceptors (Lipinski definition) is 3. The zero-order valence-corrected chi connectivity index (χ0v) is 13.8. The lowest BCUT2D eigenvalue weighted by molar-refractivity contribution is 0.244. The molecule has 0 unspecified atom stereocenters. The second-order valence-corrected chi connectivity index (χ2v) is 6.20. The van der Waals surface area contributed by atoms with E-state index in [1.807, 2.05) is 30.3 Å². The molecule has 1 aliphatic rings. The maximum absolute atomic E-state index is 12.0. The van der Waals surface area contributed by atoms with Crippen molar-refractivity contribution in [1.29, 1.82) is 0 Å². The van der Waals surface area contributed by atoms with Crippen LogP contribution in [0.5, 0.6) is 0 Å². The van der Waals surface area contributed by atoms with Crippen LogP contribution >= 0.6 is 0 Å². The number of aromatic nitrogens is 1. The van der Waals surface area contributed by atoms with Crippen LogP contribution in [0.1, 0.15) is 37.7 Å². The first kappa shape index (κ1) is 16.3. The van der Waals surface area contributed by atoms with E-state index >= 15 is 0 Å². The van der Waals surface area contributed by atoms with Gasteiger partial charge in [0.05, 0.1) is 11.9 Å². The van der Waals surface area contributed by atoms with Crippen molar-refractivity contribution in [3.63, 3.8) is 0 Å². The number of benzene rings is 1. The average molecular weight is 324 g/mol. The van der Waals surface area contributed by atoms with Crippen molar-refractivity contribution in [3.05, 3.63) is 54.2 Å². The summed E-state index contributed by atoms with van der Waals surface area (Å²) in [5.41, 5.74) is 1.90. The Balaban J connectivity index is 1.46. The van der Waals surface area contributed by atoms with Crippen LogP contribution in [-0.2, 0) is 6.54 Å². The zero-order valence-electron chi connectivity index (χ0n) is 13.8. The van der Waals surface area contributed by atoms with Crippen LogP contribution in [0.3, 0.4) is 0 Å². The van der Waals surface area contributed by atoms with Gasteiger partial charge in [0.15, 0.2) is 0 Å². The van der Waals surface area contributed by atoms with E-state index in [-0.39, 0.29) is 6.03 Å². The first-order chi connectivity index (χ1) is 11.8. The van der Waals surface area contributed by atoms with Crippen LogP contribution in [0.15, 0.2) is 48.7 Å². The highest BCUT2D eigenvalue weighted by Gasteiger charge is 2.15. The molecule has 3 rings (SSSR count). The van der Waals surface area contributed by atoms with Gasteiger partial charge in [-0.3, -0.25) is 0 Å². The highest BCUT2D eigenvalue weighted by Crippen LogP contribution is 2.17. The number of rotatable bonds is 5. The molecule has 24 heavy (non-hydrogen) atoms. The third-order valence-electron chi connectivity index (χ3n) is 4.28. The number of anilines is 2. The molecule has 0 atom stereocenters. The van der Waals surface area contributed by atoms with E-state index in [0.29, 0.717) is 11.7 Å². The summed E-state index contributed by atoms with van der Waals surface area (Å²) in [5.74, 6) is 0.789. The van der Waals surface area contributed by atoms with Gasteiger partial charge >= 0.3 is 6.03 Å². The Labute approximate surface area is 142 Å². The van der Waals surface area contributed by atoms with Gasteiger partial charge in [-0.1, -0.05) is 49.6 Å². The topological polar surface area (TPSA) is 66.0 Å². The summed E-state index contributed by atoms with van der Waals surface area (Å²) < 4.78 is 0. The fourth-order valence-corrected chi connectivity index (χ4v) is 2.96. The molecule has 0 spiro atoms. The SMILES string of the molecule is O=C(Nc1ccc(NCc2ccccc2)nc1)NC1CCCCC1. The minimum Gasteiger partial charge on any atom is -0.366 e. The molecule has 1 saturated carbocycles. The molecule has 1 aliphatic carbocycles. The Kier molecular flexibility index (Phi) is 5.66. The molecule has 1 fully saturated rings. The minimum atomic E-state index is -0.145. The summed E-state index contributed by atoms with van der Waals surface area (Å²) in [5, 5.41) is 9.15. The molecule has 1 aromatic heterocycles. The van der Waals surface area contributed by atoms with Crippen LogP contribution in [-0.4, -0.2) is 17.1 Å². The average Bonchev–Trinajstić information content (AvgIpc) is 2.63. The van der Waals surface area contributed by atoms with Crippen molar-refractivity contribution in [2.75, 3.05) is 10.6 Å². The van der Waals surface area contributed by atoms with Crippen molar-refractivity contribution in [3.8, 4) is 0 Å². The standard InChI is InChI=1S/C19H24N4O/c24-19(22-16-9-5-2-6-10-16)23-17-11-12-18(21-14-17)20-13-15-7-3-1-4-8-15/h1,3-4,7-8,11-12,14,16H,2,5-6,9-10,13H2,(H,20,21)(H2,22,23,24). The van der Waals surface area contributed by atoms with Crippen LogP contribution < -0.4 is 16.0 Å². The molecule has 126 valence electrons. The number of hydrogen-bond donors (Lipinski definition) is 3. The van der Waals surface area contributed by atoms with Crippen molar-refractivity contribution in [2.24, 2.45) is 0 Å². The molecule has 2 aromatic rings. The van der Waals surface area contributed by atoms with Crippen LogP contribution in [0.25, 0.3) is 0 Å². The third kappa shape index (κ3) is 4.98. The van der Waals surface area contributed by atoms with E-state index in [2.05, 4.69) is 33.1 Å². The Hall–Kier alpha value is -2.56. The largest absolute Gasteiger partial charge is 0.366 e. The number of nitrogens with zero attached hydrogens (tertiary/aromatic N) is 1. The minimum absolute atomic E-state index is 0.145. The predicted octanol–water partition coefficient (Wildman–Crippen LogP) is 4.15. The van der Waals surface area contributed by atoms with Crippen molar-refractivity contribution >= 4 is 17.5 Å². The van der Waals surface area contributed by atoms with Gasteiger partial charge in [-0.25, -0.2) is 9.78 Å². The molecule has 0 saturated heterocycles. The number of pyridine rings is 1. The van der Waals surface area contributed by atoms with E-state index in [1.54, 1.807) is 6.20 Å². The Morgan fingerprint density at radius 1 is 1.04 bits per heavy atom.